The molecule has 0 aromatic carbocycles. The Balaban J connectivity index is 2.30. The molecule has 2 rings (SSSR count). The molecule has 1 heteroatoms. The molecule has 0 N–H and O–H groups in total. The summed E-state index contributed by atoms with van der Waals surface area (Å²) in [7, 11) is 0. The van der Waals surface area contributed by atoms with Gasteiger partial charge in [-0.3, -0.25) is 4.79 Å². The van der Waals surface area contributed by atoms with Gasteiger partial charge in [0, 0.05) is 11.8 Å². The molecule has 3 atom stereocenters. The monoisotopic (exact) mass is 192 g/mol. The van der Waals surface area contributed by atoms with Crippen LogP contribution in [0.1, 0.15) is 46.0 Å². The first-order valence-corrected chi connectivity index (χ1v) is 5.77. The van der Waals surface area contributed by atoms with Gasteiger partial charge >= 0.3 is 0 Å². The van der Waals surface area contributed by atoms with Crippen molar-refractivity contribution < 1.29 is 4.79 Å². The second-order valence-corrected chi connectivity index (χ2v) is 5.30. The molecule has 0 aliphatic heterocycles. The van der Waals surface area contributed by atoms with Gasteiger partial charge in [-0.2, -0.15) is 0 Å². The lowest BCUT2D eigenvalue weighted by molar-refractivity contribution is -0.134. The van der Waals surface area contributed by atoms with Crippen LogP contribution in [0.3, 0.4) is 0 Å². The molecule has 0 unspecified atom stereocenters. The van der Waals surface area contributed by atoms with E-state index in [0.29, 0.717) is 17.6 Å². The molecule has 0 saturated heterocycles. The third-order valence-corrected chi connectivity index (χ3v) is 4.48. The van der Waals surface area contributed by atoms with Crippen molar-refractivity contribution in [1.29, 1.82) is 0 Å². The van der Waals surface area contributed by atoms with Crippen molar-refractivity contribution in [1.82, 2.24) is 0 Å². The third kappa shape index (κ3) is 1.25. The van der Waals surface area contributed by atoms with Crippen LogP contribution in [0.5, 0.6) is 0 Å². The Hall–Kier alpha value is -0.590. The molecule has 0 aromatic heterocycles. The number of fused-ring (bicyclic) bond motifs is 1. The molecular weight excluding hydrogens is 172 g/mol. The Bertz CT molecular complexity index is 279. The summed E-state index contributed by atoms with van der Waals surface area (Å²) in [5, 5.41) is 0. The van der Waals surface area contributed by atoms with Crippen LogP contribution in [0.25, 0.3) is 0 Å². The molecular formula is C13H20O. The van der Waals surface area contributed by atoms with Crippen LogP contribution < -0.4 is 0 Å². The molecule has 0 bridgehead atoms. The van der Waals surface area contributed by atoms with Crippen LogP contribution in [0.4, 0.5) is 0 Å². The molecule has 0 amide bonds. The van der Waals surface area contributed by atoms with E-state index in [9.17, 15) is 4.79 Å². The van der Waals surface area contributed by atoms with Gasteiger partial charge in [0.1, 0.15) is 5.78 Å². The summed E-state index contributed by atoms with van der Waals surface area (Å²) in [5.41, 5.74) is 1.29. The fourth-order valence-corrected chi connectivity index (χ4v) is 3.22. The summed E-state index contributed by atoms with van der Waals surface area (Å²) in [6.07, 6.45) is 5.29. The van der Waals surface area contributed by atoms with Gasteiger partial charge in [-0.1, -0.05) is 26.0 Å². The van der Waals surface area contributed by atoms with Gasteiger partial charge in [-0.25, -0.2) is 0 Å². The van der Waals surface area contributed by atoms with Crippen LogP contribution in [-0.4, -0.2) is 5.78 Å². The van der Waals surface area contributed by atoms with Gasteiger partial charge in [-0.15, -0.1) is 0 Å². The van der Waals surface area contributed by atoms with Crippen molar-refractivity contribution in [3.63, 3.8) is 0 Å². The molecule has 2 saturated carbocycles. The van der Waals surface area contributed by atoms with E-state index < -0.39 is 0 Å². The molecule has 0 radical (unpaired) electrons. The number of hydrogen-bond acceptors (Lipinski definition) is 1. The minimum atomic E-state index is -0.0537. The van der Waals surface area contributed by atoms with Crippen LogP contribution in [0, 0.1) is 17.3 Å². The van der Waals surface area contributed by atoms with Crippen molar-refractivity contribution >= 4 is 5.78 Å². The van der Waals surface area contributed by atoms with Gasteiger partial charge in [0.2, 0.25) is 0 Å². The van der Waals surface area contributed by atoms with E-state index in [1.54, 1.807) is 0 Å². The Kier molecular flexibility index (Phi) is 2.29. The summed E-state index contributed by atoms with van der Waals surface area (Å²) >= 11 is 0. The zero-order chi connectivity index (χ0) is 10.3. The number of carbonyl (C=O) groups excluding carboxylic acids is 1. The Labute approximate surface area is 86.6 Å². The standard InChI is InChI=1S/C13H20O/c1-9-7-8-13(3)11(10(9)2)5-4-6-12(13)14/h9,11H,2,4-8H2,1,3H3/t9-,11-,13-/m0/s1. The maximum absolute atomic E-state index is 12.0. The summed E-state index contributed by atoms with van der Waals surface area (Å²) < 4.78 is 0. The minimum absolute atomic E-state index is 0.0537. The van der Waals surface area contributed by atoms with Gasteiger partial charge in [0.15, 0.2) is 0 Å². The first-order chi connectivity index (χ1) is 6.55. The number of rotatable bonds is 0. The van der Waals surface area contributed by atoms with Gasteiger partial charge in [0.25, 0.3) is 0 Å². The highest BCUT2D eigenvalue weighted by atomic mass is 16.1. The summed E-state index contributed by atoms with van der Waals surface area (Å²) in [6, 6.07) is 0. The quantitative estimate of drug-likeness (QED) is 0.538. The van der Waals surface area contributed by atoms with Crippen LogP contribution in [-0.2, 0) is 4.79 Å². The first-order valence-electron chi connectivity index (χ1n) is 5.77. The Morgan fingerprint density at radius 1 is 1.43 bits per heavy atom. The van der Waals surface area contributed by atoms with E-state index in [4.69, 9.17) is 0 Å². The first kappa shape index (κ1) is 9.95. The lowest BCUT2D eigenvalue weighted by atomic mass is 9.56. The fraction of sp³-hybridized carbons (Fsp3) is 0.769. The van der Waals surface area contributed by atoms with E-state index in [-0.39, 0.29) is 5.41 Å². The molecule has 2 aliphatic rings. The number of hydrogen-bond donors (Lipinski definition) is 0. The van der Waals surface area contributed by atoms with Crippen LogP contribution in [0.2, 0.25) is 0 Å². The van der Waals surface area contributed by atoms with Crippen molar-refractivity contribution in [3.8, 4) is 0 Å². The fourth-order valence-electron chi connectivity index (χ4n) is 3.22. The number of carbonyl (C=O) groups is 1. The molecule has 78 valence electrons. The molecule has 0 aromatic rings. The average molecular weight is 192 g/mol. The smallest absolute Gasteiger partial charge is 0.139 e. The van der Waals surface area contributed by atoms with Gasteiger partial charge in [-0.05, 0) is 37.5 Å². The van der Waals surface area contributed by atoms with Gasteiger partial charge < -0.3 is 0 Å². The largest absolute Gasteiger partial charge is 0.299 e. The number of ketones is 1. The highest BCUT2D eigenvalue weighted by molar-refractivity contribution is 5.86. The Morgan fingerprint density at radius 2 is 2.14 bits per heavy atom. The molecule has 14 heavy (non-hydrogen) atoms. The third-order valence-electron chi connectivity index (χ3n) is 4.48. The van der Waals surface area contributed by atoms with Gasteiger partial charge in [0.05, 0.1) is 0 Å². The van der Waals surface area contributed by atoms with Crippen molar-refractivity contribution in [3.05, 3.63) is 12.2 Å². The zero-order valence-corrected chi connectivity index (χ0v) is 9.31. The average Bonchev–Trinajstić information content (AvgIpc) is 2.16. The molecule has 2 aliphatic carbocycles. The van der Waals surface area contributed by atoms with Crippen molar-refractivity contribution in [2.24, 2.45) is 17.3 Å². The highest BCUT2D eigenvalue weighted by Gasteiger charge is 2.47. The molecule has 1 nitrogen and oxygen atoms in total. The topological polar surface area (TPSA) is 17.1 Å². The van der Waals surface area contributed by atoms with E-state index in [1.165, 1.54) is 12.0 Å². The SMILES string of the molecule is C=C1[C@@H](C)CC[C@]2(C)C(=O)CCC[C@@H]12. The van der Waals surface area contributed by atoms with E-state index in [0.717, 1.165) is 25.7 Å². The summed E-state index contributed by atoms with van der Waals surface area (Å²) in [6.45, 7) is 8.62. The normalized spacial score (nSPS) is 43.6. The molecule has 0 heterocycles. The molecule has 0 spiro atoms. The van der Waals surface area contributed by atoms with Crippen molar-refractivity contribution in [2.45, 2.75) is 46.0 Å². The van der Waals surface area contributed by atoms with E-state index in [1.807, 2.05) is 0 Å². The van der Waals surface area contributed by atoms with E-state index >= 15 is 0 Å². The number of Topliss-reactive ketones (excluding diaryl/α,β-unsaturated/α-hetero) is 1. The van der Waals surface area contributed by atoms with Crippen molar-refractivity contribution in [2.75, 3.05) is 0 Å². The van der Waals surface area contributed by atoms with Crippen LogP contribution >= 0.6 is 0 Å². The molecule has 2 fully saturated rings. The lowest BCUT2D eigenvalue weighted by Crippen LogP contribution is -2.44. The zero-order valence-electron chi connectivity index (χ0n) is 9.31. The second-order valence-electron chi connectivity index (χ2n) is 5.30. The maximum atomic E-state index is 12.0. The maximum Gasteiger partial charge on any atom is 0.139 e. The number of allylic oxidation sites excluding steroid dienone is 1. The minimum Gasteiger partial charge on any atom is -0.299 e. The van der Waals surface area contributed by atoms with Crippen LogP contribution in [0.15, 0.2) is 12.2 Å². The summed E-state index contributed by atoms with van der Waals surface area (Å²) in [4.78, 5) is 12.0. The Morgan fingerprint density at radius 3 is 2.86 bits per heavy atom. The predicted molar refractivity (Wildman–Crippen MR) is 58.0 cm³/mol. The van der Waals surface area contributed by atoms with E-state index in [2.05, 4.69) is 20.4 Å². The second kappa shape index (κ2) is 3.22. The highest BCUT2D eigenvalue weighted by Crippen LogP contribution is 2.51. The summed E-state index contributed by atoms with van der Waals surface area (Å²) in [5.74, 6) is 1.59. The predicted octanol–water partition coefficient (Wildman–Crippen LogP) is 3.35. The lowest BCUT2D eigenvalue weighted by Gasteiger charge is -2.47.